The van der Waals surface area contributed by atoms with E-state index in [1.165, 1.54) is 20.6 Å². The Morgan fingerprint density at radius 3 is 2.72 bits per heavy atom. The van der Waals surface area contributed by atoms with Crippen molar-refractivity contribution < 1.29 is 4.74 Å². The maximum absolute atomic E-state index is 5.40. The van der Waals surface area contributed by atoms with Crippen LogP contribution >= 0.6 is 27.3 Å². The molecule has 4 heteroatoms. The molecule has 2 nitrogen and oxygen atoms in total. The summed E-state index contributed by atoms with van der Waals surface area (Å²) in [5, 5.41) is 2.11. The molecule has 0 amide bonds. The van der Waals surface area contributed by atoms with E-state index in [0.717, 1.165) is 26.3 Å². The average molecular weight is 324 g/mol. The molecule has 1 aliphatic heterocycles. The Bertz CT molecular complexity index is 534. The van der Waals surface area contributed by atoms with Gasteiger partial charge in [0.1, 0.15) is 0 Å². The molecule has 2 heterocycles. The van der Waals surface area contributed by atoms with E-state index in [0.29, 0.717) is 0 Å². The molecule has 1 aliphatic rings. The first-order valence-corrected chi connectivity index (χ1v) is 7.68. The summed E-state index contributed by atoms with van der Waals surface area (Å²) in [6.07, 6.45) is 0. The highest BCUT2D eigenvalue weighted by atomic mass is 79.9. The highest BCUT2D eigenvalue weighted by Crippen LogP contribution is 2.35. The molecule has 0 saturated carbocycles. The summed E-state index contributed by atoms with van der Waals surface area (Å²) in [5.41, 5.74) is 2.57. The monoisotopic (exact) mass is 323 g/mol. The lowest BCUT2D eigenvalue weighted by Crippen LogP contribution is -2.36. The molecular weight excluding hydrogens is 310 g/mol. The van der Waals surface area contributed by atoms with Gasteiger partial charge < -0.3 is 9.64 Å². The normalized spacial score (nSPS) is 15.9. The van der Waals surface area contributed by atoms with Gasteiger partial charge in [-0.15, -0.1) is 11.3 Å². The van der Waals surface area contributed by atoms with Crippen molar-refractivity contribution in [2.75, 3.05) is 31.2 Å². The lowest BCUT2D eigenvalue weighted by molar-refractivity contribution is 0.122. The third kappa shape index (κ3) is 2.46. The van der Waals surface area contributed by atoms with Gasteiger partial charge in [-0.3, -0.25) is 0 Å². The van der Waals surface area contributed by atoms with Crippen LogP contribution in [-0.2, 0) is 4.74 Å². The van der Waals surface area contributed by atoms with Crippen LogP contribution < -0.4 is 4.90 Å². The van der Waals surface area contributed by atoms with Crippen LogP contribution in [0.25, 0.3) is 10.4 Å². The zero-order chi connectivity index (χ0) is 12.4. The predicted octanol–water partition coefficient (Wildman–Crippen LogP) is 4.01. The van der Waals surface area contributed by atoms with E-state index < -0.39 is 0 Å². The number of ether oxygens (including phenoxy) is 1. The minimum Gasteiger partial charge on any atom is -0.378 e. The van der Waals surface area contributed by atoms with Crippen LogP contribution in [0.15, 0.2) is 40.2 Å². The molecule has 0 aliphatic carbocycles. The molecule has 1 aromatic carbocycles. The molecule has 1 saturated heterocycles. The summed E-state index contributed by atoms with van der Waals surface area (Å²) < 4.78 is 6.57. The number of hydrogen-bond donors (Lipinski definition) is 0. The van der Waals surface area contributed by atoms with Crippen LogP contribution in [-0.4, -0.2) is 26.3 Å². The fraction of sp³-hybridized carbons (Fsp3) is 0.286. The Kier molecular flexibility index (Phi) is 3.68. The van der Waals surface area contributed by atoms with Crippen molar-refractivity contribution >= 4 is 33.0 Å². The van der Waals surface area contributed by atoms with Gasteiger partial charge in [0.25, 0.3) is 0 Å². The summed E-state index contributed by atoms with van der Waals surface area (Å²) in [5.74, 6) is 0. The summed E-state index contributed by atoms with van der Waals surface area (Å²) in [6.45, 7) is 3.62. The van der Waals surface area contributed by atoms with Gasteiger partial charge in [0.05, 0.1) is 13.2 Å². The van der Waals surface area contributed by atoms with Gasteiger partial charge in [-0.25, -0.2) is 0 Å². The third-order valence-corrected chi connectivity index (χ3v) is 4.99. The Balaban J connectivity index is 1.91. The highest BCUT2D eigenvalue weighted by molar-refractivity contribution is 9.10. The second-order valence-corrected chi connectivity index (χ2v) is 6.02. The summed E-state index contributed by atoms with van der Waals surface area (Å²) >= 11 is 5.37. The van der Waals surface area contributed by atoms with E-state index >= 15 is 0 Å². The molecular formula is C14H14BrNOS. The minimum atomic E-state index is 0.826. The van der Waals surface area contributed by atoms with Gasteiger partial charge in [0.2, 0.25) is 0 Å². The molecule has 0 spiro atoms. The van der Waals surface area contributed by atoms with Crippen molar-refractivity contribution in [2.24, 2.45) is 0 Å². The van der Waals surface area contributed by atoms with E-state index in [9.17, 15) is 0 Å². The fourth-order valence-corrected chi connectivity index (χ4v) is 3.77. The van der Waals surface area contributed by atoms with Crippen LogP contribution in [0.5, 0.6) is 0 Å². The van der Waals surface area contributed by atoms with Crippen molar-refractivity contribution in [3.8, 4) is 10.4 Å². The lowest BCUT2D eigenvalue weighted by Gasteiger charge is -2.29. The molecule has 3 rings (SSSR count). The SMILES string of the molecule is Brc1ccsc1-c1cccc(N2CCOCC2)c1. The quantitative estimate of drug-likeness (QED) is 0.827. The second kappa shape index (κ2) is 5.43. The molecule has 94 valence electrons. The van der Waals surface area contributed by atoms with Gasteiger partial charge in [-0.2, -0.15) is 0 Å². The van der Waals surface area contributed by atoms with E-state index in [4.69, 9.17) is 4.74 Å². The summed E-state index contributed by atoms with van der Waals surface area (Å²) in [7, 11) is 0. The number of rotatable bonds is 2. The molecule has 1 fully saturated rings. The van der Waals surface area contributed by atoms with Crippen molar-refractivity contribution in [1.82, 2.24) is 0 Å². The van der Waals surface area contributed by atoms with E-state index in [-0.39, 0.29) is 0 Å². The van der Waals surface area contributed by atoms with Crippen LogP contribution in [0.4, 0.5) is 5.69 Å². The third-order valence-electron chi connectivity index (χ3n) is 3.10. The number of halogens is 1. The van der Waals surface area contributed by atoms with Crippen molar-refractivity contribution in [2.45, 2.75) is 0 Å². The number of anilines is 1. The molecule has 0 unspecified atom stereocenters. The highest BCUT2D eigenvalue weighted by Gasteiger charge is 2.12. The van der Waals surface area contributed by atoms with Crippen LogP contribution in [0, 0.1) is 0 Å². The minimum absolute atomic E-state index is 0.826. The van der Waals surface area contributed by atoms with E-state index in [2.05, 4.69) is 56.5 Å². The van der Waals surface area contributed by atoms with Crippen LogP contribution in [0.3, 0.4) is 0 Å². The van der Waals surface area contributed by atoms with Gasteiger partial charge >= 0.3 is 0 Å². The largest absolute Gasteiger partial charge is 0.378 e. The number of morpholine rings is 1. The molecule has 0 radical (unpaired) electrons. The van der Waals surface area contributed by atoms with Crippen LogP contribution in [0.1, 0.15) is 0 Å². The summed E-state index contributed by atoms with van der Waals surface area (Å²) in [4.78, 5) is 3.68. The number of benzene rings is 1. The average Bonchev–Trinajstić information content (AvgIpc) is 2.86. The second-order valence-electron chi connectivity index (χ2n) is 4.25. The molecule has 0 N–H and O–H groups in total. The Labute approximate surface area is 119 Å². The van der Waals surface area contributed by atoms with Crippen molar-refractivity contribution in [1.29, 1.82) is 0 Å². The number of hydrogen-bond acceptors (Lipinski definition) is 3. The lowest BCUT2D eigenvalue weighted by atomic mass is 10.1. The topological polar surface area (TPSA) is 12.5 Å². The Morgan fingerprint density at radius 1 is 1.17 bits per heavy atom. The van der Waals surface area contributed by atoms with Gasteiger partial charge in [0, 0.05) is 28.1 Å². The smallest absolute Gasteiger partial charge is 0.0642 e. The molecule has 1 aromatic heterocycles. The summed E-state index contributed by atoms with van der Waals surface area (Å²) in [6, 6.07) is 10.8. The fourth-order valence-electron chi connectivity index (χ4n) is 2.17. The molecule has 2 aromatic rings. The predicted molar refractivity (Wildman–Crippen MR) is 80.5 cm³/mol. The standard InChI is InChI=1S/C14H14BrNOS/c15-13-4-9-18-14(13)11-2-1-3-12(10-11)16-5-7-17-8-6-16/h1-4,9-10H,5-8H2. The Morgan fingerprint density at radius 2 is 2.00 bits per heavy atom. The Hall–Kier alpha value is -0.840. The molecule has 0 atom stereocenters. The van der Waals surface area contributed by atoms with Gasteiger partial charge in [-0.1, -0.05) is 12.1 Å². The zero-order valence-corrected chi connectivity index (χ0v) is 12.3. The maximum Gasteiger partial charge on any atom is 0.0642 e. The first-order valence-electron chi connectivity index (χ1n) is 6.01. The van der Waals surface area contributed by atoms with Crippen LogP contribution in [0.2, 0.25) is 0 Å². The molecule has 18 heavy (non-hydrogen) atoms. The number of nitrogens with zero attached hydrogens (tertiary/aromatic N) is 1. The van der Waals surface area contributed by atoms with Gasteiger partial charge in [0.15, 0.2) is 0 Å². The maximum atomic E-state index is 5.40. The molecule has 0 bridgehead atoms. The number of thiophene rings is 1. The first kappa shape index (κ1) is 12.2. The van der Waals surface area contributed by atoms with E-state index in [1.54, 1.807) is 11.3 Å². The first-order chi connectivity index (χ1) is 8.84. The zero-order valence-electron chi connectivity index (χ0n) is 9.93. The van der Waals surface area contributed by atoms with Crippen molar-refractivity contribution in [3.05, 3.63) is 40.2 Å². The van der Waals surface area contributed by atoms with E-state index in [1.807, 2.05) is 0 Å². The van der Waals surface area contributed by atoms with Crippen molar-refractivity contribution in [3.63, 3.8) is 0 Å². The van der Waals surface area contributed by atoms with Gasteiger partial charge in [-0.05, 0) is 45.1 Å².